The first-order valence-corrected chi connectivity index (χ1v) is 8.52. The second-order valence-electron chi connectivity index (χ2n) is 6.47. The predicted octanol–water partition coefficient (Wildman–Crippen LogP) is 2.85. The molecule has 5 nitrogen and oxygen atoms in total. The van der Waals surface area contributed by atoms with Crippen molar-refractivity contribution in [2.75, 3.05) is 20.3 Å². The van der Waals surface area contributed by atoms with Crippen molar-refractivity contribution in [3.63, 3.8) is 0 Å². The number of aryl methyl sites for hydroxylation is 1. The Morgan fingerprint density at radius 1 is 1.32 bits per heavy atom. The Hall–Kier alpha value is -2.40. The molecular formula is C20H23NO4. The summed E-state index contributed by atoms with van der Waals surface area (Å²) in [5.74, 6) is -0.659. The number of methoxy groups -OCH3 is 1. The van der Waals surface area contributed by atoms with Gasteiger partial charge in [0, 0.05) is 12.3 Å². The summed E-state index contributed by atoms with van der Waals surface area (Å²) in [6, 6.07) is 7.82. The molecule has 2 aliphatic heterocycles. The average molecular weight is 341 g/mol. The lowest BCUT2D eigenvalue weighted by molar-refractivity contribution is -0.136. The Balaban J connectivity index is 1.96. The highest BCUT2D eigenvalue weighted by atomic mass is 16.5. The maximum atomic E-state index is 13.0. The minimum atomic E-state index is -0.487. The van der Waals surface area contributed by atoms with Crippen LogP contribution in [0.15, 0.2) is 41.1 Å². The van der Waals surface area contributed by atoms with Crippen molar-refractivity contribution in [1.82, 2.24) is 4.90 Å². The van der Waals surface area contributed by atoms with Gasteiger partial charge < -0.3 is 14.4 Å². The SMILES string of the molecule is COC(=O)C1=C(C)N(C[C@H]2CCCO2)C(=O)/C1=C\c1ccc(C)cc1. The maximum absolute atomic E-state index is 13.0. The van der Waals surface area contributed by atoms with Gasteiger partial charge in [0.2, 0.25) is 0 Å². The maximum Gasteiger partial charge on any atom is 0.340 e. The largest absolute Gasteiger partial charge is 0.465 e. The number of hydrogen-bond donors (Lipinski definition) is 0. The number of carbonyl (C=O) groups excluding carboxylic acids is 2. The Kier molecular flexibility index (Phi) is 5.04. The topological polar surface area (TPSA) is 55.8 Å². The van der Waals surface area contributed by atoms with Gasteiger partial charge in [0.05, 0.1) is 30.9 Å². The molecule has 1 saturated heterocycles. The summed E-state index contributed by atoms with van der Waals surface area (Å²) in [4.78, 5) is 26.9. The molecule has 2 aliphatic rings. The fourth-order valence-electron chi connectivity index (χ4n) is 3.27. The lowest BCUT2D eigenvalue weighted by atomic mass is 10.0. The summed E-state index contributed by atoms with van der Waals surface area (Å²) in [5.41, 5.74) is 3.37. The van der Waals surface area contributed by atoms with Crippen LogP contribution in [0.25, 0.3) is 6.08 Å². The van der Waals surface area contributed by atoms with Crippen LogP contribution in [0.3, 0.4) is 0 Å². The standard InChI is InChI=1S/C20H23NO4/c1-13-6-8-15(9-7-13)11-17-18(20(23)24-3)14(2)21(19(17)22)12-16-5-4-10-25-16/h6-9,11,16H,4-5,10,12H2,1-3H3/b17-11-/t16-/m1/s1. The van der Waals surface area contributed by atoms with E-state index in [1.54, 1.807) is 17.9 Å². The Bertz CT molecular complexity index is 739. The molecule has 0 spiro atoms. The van der Waals surface area contributed by atoms with Crippen molar-refractivity contribution in [2.24, 2.45) is 0 Å². The zero-order chi connectivity index (χ0) is 18.0. The van der Waals surface area contributed by atoms with Crippen molar-refractivity contribution in [2.45, 2.75) is 32.8 Å². The van der Waals surface area contributed by atoms with Gasteiger partial charge in [0.1, 0.15) is 0 Å². The predicted molar refractivity (Wildman–Crippen MR) is 94.6 cm³/mol. The number of hydrogen-bond acceptors (Lipinski definition) is 4. The van der Waals surface area contributed by atoms with E-state index in [0.717, 1.165) is 30.6 Å². The first kappa shape index (κ1) is 17.4. The highest BCUT2D eigenvalue weighted by Gasteiger charge is 2.38. The van der Waals surface area contributed by atoms with Gasteiger partial charge in [-0.15, -0.1) is 0 Å². The molecule has 0 radical (unpaired) electrons. The van der Waals surface area contributed by atoms with Crippen LogP contribution in [0.1, 0.15) is 30.9 Å². The molecule has 132 valence electrons. The van der Waals surface area contributed by atoms with Crippen LogP contribution in [-0.2, 0) is 19.1 Å². The summed E-state index contributed by atoms with van der Waals surface area (Å²) >= 11 is 0. The zero-order valence-corrected chi connectivity index (χ0v) is 14.9. The second kappa shape index (κ2) is 7.23. The van der Waals surface area contributed by atoms with E-state index >= 15 is 0 Å². The Labute approximate surface area is 147 Å². The number of allylic oxidation sites excluding steroid dienone is 1. The van der Waals surface area contributed by atoms with Crippen LogP contribution in [0.5, 0.6) is 0 Å². The molecule has 2 heterocycles. The molecule has 0 N–H and O–H groups in total. The number of esters is 1. The van der Waals surface area contributed by atoms with Crippen LogP contribution in [0.4, 0.5) is 0 Å². The molecule has 3 rings (SSSR count). The first-order valence-electron chi connectivity index (χ1n) is 8.52. The van der Waals surface area contributed by atoms with Crippen molar-refractivity contribution in [3.8, 4) is 0 Å². The highest BCUT2D eigenvalue weighted by molar-refractivity contribution is 6.16. The molecule has 0 bridgehead atoms. The highest BCUT2D eigenvalue weighted by Crippen LogP contribution is 2.32. The molecule has 0 unspecified atom stereocenters. The van der Waals surface area contributed by atoms with E-state index < -0.39 is 5.97 Å². The number of benzene rings is 1. The van der Waals surface area contributed by atoms with Crippen LogP contribution in [0.2, 0.25) is 0 Å². The van der Waals surface area contributed by atoms with Gasteiger partial charge in [-0.1, -0.05) is 29.8 Å². The molecule has 1 fully saturated rings. The molecule has 0 aromatic heterocycles. The van der Waals surface area contributed by atoms with E-state index in [9.17, 15) is 9.59 Å². The van der Waals surface area contributed by atoms with Gasteiger partial charge in [-0.2, -0.15) is 0 Å². The minimum Gasteiger partial charge on any atom is -0.465 e. The molecular weight excluding hydrogens is 318 g/mol. The van der Waals surface area contributed by atoms with Gasteiger partial charge >= 0.3 is 5.97 Å². The quantitative estimate of drug-likeness (QED) is 0.624. The molecule has 25 heavy (non-hydrogen) atoms. The molecule has 0 saturated carbocycles. The summed E-state index contributed by atoms with van der Waals surface area (Å²) in [7, 11) is 1.33. The number of amides is 1. The summed E-state index contributed by atoms with van der Waals surface area (Å²) < 4.78 is 10.6. The van der Waals surface area contributed by atoms with E-state index in [-0.39, 0.29) is 12.0 Å². The zero-order valence-electron chi connectivity index (χ0n) is 14.9. The van der Waals surface area contributed by atoms with E-state index in [4.69, 9.17) is 9.47 Å². The second-order valence-corrected chi connectivity index (χ2v) is 6.47. The van der Waals surface area contributed by atoms with Crippen LogP contribution < -0.4 is 0 Å². The van der Waals surface area contributed by atoms with Gasteiger partial charge in [0.25, 0.3) is 5.91 Å². The smallest absolute Gasteiger partial charge is 0.340 e. The summed E-state index contributed by atoms with van der Waals surface area (Å²) in [6.07, 6.45) is 3.72. The van der Waals surface area contributed by atoms with Crippen molar-refractivity contribution >= 4 is 18.0 Å². The normalized spacial score (nSPS) is 22.2. The number of rotatable bonds is 4. The monoisotopic (exact) mass is 341 g/mol. The molecule has 5 heteroatoms. The number of ether oxygens (including phenoxy) is 2. The molecule has 1 aromatic rings. The van der Waals surface area contributed by atoms with E-state index in [1.807, 2.05) is 31.2 Å². The molecule has 1 atom stereocenters. The van der Waals surface area contributed by atoms with Crippen LogP contribution in [0, 0.1) is 6.92 Å². The molecule has 1 aromatic carbocycles. The summed E-state index contributed by atoms with van der Waals surface area (Å²) in [5, 5.41) is 0. The van der Waals surface area contributed by atoms with Crippen LogP contribution >= 0.6 is 0 Å². The Morgan fingerprint density at radius 2 is 2.04 bits per heavy atom. The third-order valence-electron chi connectivity index (χ3n) is 4.70. The third-order valence-corrected chi connectivity index (χ3v) is 4.70. The fraction of sp³-hybridized carbons (Fsp3) is 0.400. The molecule has 0 aliphatic carbocycles. The first-order chi connectivity index (χ1) is 12.0. The third kappa shape index (κ3) is 3.51. The lowest BCUT2D eigenvalue weighted by Gasteiger charge is -2.21. The lowest BCUT2D eigenvalue weighted by Crippen LogP contribution is -2.33. The summed E-state index contributed by atoms with van der Waals surface area (Å²) in [6.45, 7) is 4.99. The van der Waals surface area contributed by atoms with Gasteiger partial charge in [-0.3, -0.25) is 4.79 Å². The van der Waals surface area contributed by atoms with Crippen molar-refractivity contribution in [3.05, 3.63) is 52.2 Å². The van der Waals surface area contributed by atoms with E-state index in [0.29, 0.717) is 23.4 Å². The fourth-order valence-corrected chi connectivity index (χ4v) is 3.27. The van der Waals surface area contributed by atoms with Crippen molar-refractivity contribution in [1.29, 1.82) is 0 Å². The van der Waals surface area contributed by atoms with E-state index in [2.05, 4.69) is 0 Å². The number of nitrogens with zero attached hydrogens (tertiary/aromatic N) is 1. The molecule has 1 amide bonds. The number of carbonyl (C=O) groups is 2. The van der Waals surface area contributed by atoms with Gasteiger partial charge in [-0.05, 0) is 38.3 Å². The Morgan fingerprint density at radius 3 is 2.64 bits per heavy atom. The van der Waals surface area contributed by atoms with Crippen molar-refractivity contribution < 1.29 is 19.1 Å². The van der Waals surface area contributed by atoms with Gasteiger partial charge in [-0.25, -0.2) is 4.79 Å². The minimum absolute atomic E-state index is 0.0246. The van der Waals surface area contributed by atoms with E-state index in [1.165, 1.54) is 7.11 Å². The average Bonchev–Trinajstić information content (AvgIpc) is 3.19. The van der Waals surface area contributed by atoms with Gasteiger partial charge in [0.15, 0.2) is 0 Å². The van der Waals surface area contributed by atoms with Crippen LogP contribution in [-0.4, -0.2) is 43.1 Å².